The van der Waals surface area contributed by atoms with Gasteiger partial charge in [0.25, 0.3) is 0 Å². The van der Waals surface area contributed by atoms with Crippen LogP contribution < -0.4 is 15.4 Å². The molecule has 0 fully saturated rings. The molecule has 0 aliphatic heterocycles. The molecule has 1 amide bonds. The summed E-state index contributed by atoms with van der Waals surface area (Å²) >= 11 is 0. The number of nitrogens with one attached hydrogen (secondary N) is 2. The van der Waals surface area contributed by atoms with E-state index in [2.05, 4.69) is 17.6 Å². The van der Waals surface area contributed by atoms with Crippen LogP contribution in [0, 0.1) is 13.8 Å². The lowest BCUT2D eigenvalue weighted by molar-refractivity contribution is -0.114. The number of aryl methyl sites for hydroxylation is 1. The van der Waals surface area contributed by atoms with Crippen molar-refractivity contribution in [2.45, 2.75) is 33.6 Å². The average molecular weight is 326 g/mol. The van der Waals surface area contributed by atoms with Crippen LogP contribution in [0.3, 0.4) is 0 Å². The third-order valence-electron chi connectivity index (χ3n) is 3.93. The first-order chi connectivity index (χ1) is 11.6. The summed E-state index contributed by atoms with van der Waals surface area (Å²) in [6.45, 7) is 7.11. The molecule has 0 heterocycles. The third kappa shape index (κ3) is 5.30. The highest BCUT2D eigenvalue weighted by molar-refractivity contribution is 5.94. The first-order valence-corrected chi connectivity index (χ1v) is 8.43. The molecular formula is C20H26N2O2. The van der Waals surface area contributed by atoms with E-state index >= 15 is 0 Å². The molecule has 0 spiro atoms. The number of carbonyl (C=O) groups excluding carboxylic acids is 1. The Morgan fingerprint density at radius 3 is 2.71 bits per heavy atom. The smallest absolute Gasteiger partial charge is 0.243 e. The molecule has 0 atom stereocenters. The Morgan fingerprint density at radius 1 is 1.12 bits per heavy atom. The average Bonchev–Trinajstić information content (AvgIpc) is 2.58. The highest BCUT2D eigenvalue weighted by Crippen LogP contribution is 2.19. The number of benzene rings is 2. The molecule has 24 heavy (non-hydrogen) atoms. The van der Waals surface area contributed by atoms with Gasteiger partial charge in [0.2, 0.25) is 5.91 Å². The molecule has 0 saturated heterocycles. The minimum atomic E-state index is -0.0685. The van der Waals surface area contributed by atoms with Gasteiger partial charge in [-0.1, -0.05) is 31.5 Å². The molecule has 2 aromatic rings. The Labute approximate surface area is 144 Å². The minimum Gasteiger partial charge on any atom is -0.494 e. The van der Waals surface area contributed by atoms with Gasteiger partial charge in [-0.2, -0.15) is 0 Å². The maximum atomic E-state index is 12.1. The highest BCUT2D eigenvalue weighted by atomic mass is 16.5. The van der Waals surface area contributed by atoms with E-state index < -0.39 is 0 Å². The summed E-state index contributed by atoms with van der Waals surface area (Å²) in [5, 5.41) is 6.08. The van der Waals surface area contributed by atoms with Gasteiger partial charge in [0.15, 0.2) is 0 Å². The summed E-state index contributed by atoms with van der Waals surface area (Å²) in [5.41, 5.74) is 3.99. The predicted octanol–water partition coefficient (Wildman–Crippen LogP) is 4.53. The summed E-state index contributed by atoms with van der Waals surface area (Å²) in [6, 6.07) is 13.6. The standard InChI is InChI=1S/C20H26N2O2/c1-4-5-12-24-18-10-7-9-17(13-18)21-14-20(23)22-19-11-6-8-15(2)16(19)3/h6-11,13,21H,4-5,12,14H2,1-3H3,(H,22,23). The zero-order valence-corrected chi connectivity index (χ0v) is 14.7. The van der Waals surface area contributed by atoms with Crippen molar-refractivity contribution in [1.82, 2.24) is 0 Å². The number of carbonyl (C=O) groups is 1. The molecule has 0 bridgehead atoms. The van der Waals surface area contributed by atoms with Crippen LogP contribution in [0.5, 0.6) is 5.75 Å². The van der Waals surface area contributed by atoms with Crippen molar-refractivity contribution in [3.63, 3.8) is 0 Å². The van der Waals surface area contributed by atoms with E-state index in [1.165, 1.54) is 0 Å². The number of ether oxygens (including phenoxy) is 1. The molecule has 4 nitrogen and oxygen atoms in total. The van der Waals surface area contributed by atoms with Crippen LogP contribution in [0.2, 0.25) is 0 Å². The largest absolute Gasteiger partial charge is 0.494 e. The first kappa shape index (κ1) is 17.9. The van der Waals surface area contributed by atoms with Gasteiger partial charge in [0, 0.05) is 17.4 Å². The van der Waals surface area contributed by atoms with Gasteiger partial charge in [-0.05, 0) is 49.6 Å². The Kier molecular flexibility index (Phi) is 6.67. The number of hydrogen-bond donors (Lipinski definition) is 2. The van der Waals surface area contributed by atoms with Crippen molar-refractivity contribution in [3.8, 4) is 5.75 Å². The van der Waals surface area contributed by atoms with Gasteiger partial charge in [-0.15, -0.1) is 0 Å². The maximum Gasteiger partial charge on any atom is 0.243 e. The lowest BCUT2D eigenvalue weighted by atomic mass is 10.1. The van der Waals surface area contributed by atoms with Crippen molar-refractivity contribution >= 4 is 17.3 Å². The van der Waals surface area contributed by atoms with E-state index in [-0.39, 0.29) is 12.5 Å². The Hall–Kier alpha value is -2.49. The Morgan fingerprint density at radius 2 is 1.92 bits per heavy atom. The van der Waals surface area contributed by atoms with E-state index in [0.717, 1.165) is 41.1 Å². The second-order valence-corrected chi connectivity index (χ2v) is 5.88. The molecule has 0 saturated carbocycles. The van der Waals surface area contributed by atoms with Crippen molar-refractivity contribution in [1.29, 1.82) is 0 Å². The van der Waals surface area contributed by atoms with Gasteiger partial charge in [-0.25, -0.2) is 0 Å². The minimum absolute atomic E-state index is 0.0685. The second kappa shape index (κ2) is 8.96. The van der Waals surface area contributed by atoms with Crippen LogP contribution in [0.1, 0.15) is 30.9 Å². The SMILES string of the molecule is CCCCOc1cccc(NCC(=O)Nc2cccc(C)c2C)c1. The lowest BCUT2D eigenvalue weighted by Crippen LogP contribution is -2.22. The summed E-state index contributed by atoms with van der Waals surface area (Å²) in [7, 11) is 0. The van der Waals surface area contributed by atoms with Crippen molar-refractivity contribution < 1.29 is 9.53 Å². The van der Waals surface area contributed by atoms with E-state index in [9.17, 15) is 4.79 Å². The van der Waals surface area contributed by atoms with Crippen LogP contribution in [0.15, 0.2) is 42.5 Å². The summed E-state index contributed by atoms with van der Waals surface area (Å²) in [6.07, 6.45) is 2.15. The highest BCUT2D eigenvalue weighted by Gasteiger charge is 2.06. The zero-order valence-electron chi connectivity index (χ0n) is 14.7. The predicted molar refractivity (Wildman–Crippen MR) is 99.9 cm³/mol. The molecular weight excluding hydrogens is 300 g/mol. The van der Waals surface area contributed by atoms with Crippen molar-refractivity contribution in [2.24, 2.45) is 0 Å². The third-order valence-corrected chi connectivity index (χ3v) is 3.93. The van der Waals surface area contributed by atoms with E-state index in [1.54, 1.807) is 0 Å². The van der Waals surface area contributed by atoms with E-state index in [4.69, 9.17) is 4.74 Å². The normalized spacial score (nSPS) is 10.3. The van der Waals surface area contributed by atoms with Gasteiger partial charge >= 0.3 is 0 Å². The fraction of sp³-hybridized carbons (Fsp3) is 0.350. The number of rotatable bonds is 8. The van der Waals surface area contributed by atoms with E-state index in [0.29, 0.717) is 6.61 Å². The first-order valence-electron chi connectivity index (χ1n) is 8.43. The van der Waals surface area contributed by atoms with Gasteiger partial charge in [0.05, 0.1) is 13.2 Å². The van der Waals surface area contributed by atoms with Crippen LogP contribution in [-0.4, -0.2) is 19.1 Å². The number of hydrogen-bond acceptors (Lipinski definition) is 3. The molecule has 2 rings (SSSR count). The molecule has 2 N–H and O–H groups in total. The van der Waals surface area contributed by atoms with Gasteiger partial charge < -0.3 is 15.4 Å². The molecule has 0 aliphatic rings. The van der Waals surface area contributed by atoms with Crippen molar-refractivity contribution in [3.05, 3.63) is 53.6 Å². The zero-order chi connectivity index (χ0) is 17.4. The van der Waals surface area contributed by atoms with Gasteiger partial charge in [-0.3, -0.25) is 4.79 Å². The monoisotopic (exact) mass is 326 g/mol. The fourth-order valence-corrected chi connectivity index (χ4v) is 2.29. The molecule has 0 aliphatic carbocycles. The molecule has 4 heteroatoms. The summed E-state index contributed by atoms with van der Waals surface area (Å²) in [5.74, 6) is 0.754. The van der Waals surface area contributed by atoms with E-state index in [1.807, 2.05) is 56.3 Å². The van der Waals surface area contributed by atoms with Crippen LogP contribution >= 0.6 is 0 Å². The van der Waals surface area contributed by atoms with Crippen LogP contribution in [0.25, 0.3) is 0 Å². The Bertz CT molecular complexity index is 683. The fourth-order valence-electron chi connectivity index (χ4n) is 2.29. The quantitative estimate of drug-likeness (QED) is 0.701. The molecule has 128 valence electrons. The van der Waals surface area contributed by atoms with Gasteiger partial charge in [0.1, 0.15) is 5.75 Å². The maximum absolute atomic E-state index is 12.1. The second-order valence-electron chi connectivity index (χ2n) is 5.88. The Balaban J connectivity index is 1.87. The number of unbranched alkanes of at least 4 members (excludes halogenated alkanes) is 1. The molecule has 0 aromatic heterocycles. The molecule has 2 aromatic carbocycles. The van der Waals surface area contributed by atoms with Crippen LogP contribution in [-0.2, 0) is 4.79 Å². The summed E-state index contributed by atoms with van der Waals surface area (Å²) in [4.78, 5) is 12.1. The van der Waals surface area contributed by atoms with Crippen LogP contribution in [0.4, 0.5) is 11.4 Å². The number of anilines is 2. The molecule has 0 unspecified atom stereocenters. The number of amides is 1. The topological polar surface area (TPSA) is 50.4 Å². The summed E-state index contributed by atoms with van der Waals surface area (Å²) < 4.78 is 5.68. The lowest BCUT2D eigenvalue weighted by Gasteiger charge is -2.12. The molecule has 0 radical (unpaired) electrons. The van der Waals surface area contributed by atoms with Crippen molar-refractivity contribution in [2.75, 3.05) is 23.8 Å².